The van der Waals surface area contributed by atoms with Gasteiger partial charge in [-0.3, -0.25) is 0 Å². The zero-order valence-corrected chi connectivity index (χ0v) is 10.8. The second-order valence-electron chi connectivity index (χ2n) is 3.65. The average Bonchev–Trinajstić information content (AvgIpc) is 2.23. The number of halogens is 1. The summed E-state index contributed by atoms with van der Waals surface area (Å²) in [4.78, 5) is 0. The molecule has 1 atom stereocenters. The lowest BCUT2D eigenvalue weighted by Crippen LogP contribution is -1.94. The third-order valence-electron chi connectivity index (χ3n) is 2.31. The van der Waals surface area contributed by atoms with Crippen LogP contribution in [0, 0.1) is 0 Å². The standard InChI is InChI=1S/C12H18ClOP/c1-2-3-4-5-8-15-10-6-7-12(14)11(13)9-10/h6-7,9,14-15H,2-5,8H2,1H3. The molecular formula is C12H18ClOP. The van der Waals surface area contributed by atoms with Gasteiger partial charge < -0.3 is 5.11 Å². The van der Waals surface area contributed by atoms with Crippen molar-refractivity contribution in [2.45, 2.75) is 32.6 Å². The molecule has 1 aromatic carbocycles. The highest BCUT2D eigenvalue weighted by molar-refractivity contribution is 7.47. The van der Waals surface area contributed by atoms with Crippen LogP contribution >= 0.6 is 20.2 Å². The van der Waals surface area contributed by atoms with Gasteiger partial charge in [-0.05, 0) is 30.0 Å². The molecule has 0 aromatic heterocycles. The molecule has 0 spiro atoms. The summed E-state index contributed by atoms with van der Waals surface area (Å²) in [5.74, 6) is 0.177. The summed E-state index contributed by atoms with van der Waals surface area (Å²) in [5.41, 5.74) is 0. The van der Waals surface area contributed by atoms with E-state index >= 15 is 0 Å². The molecule has 0 radical (unpaired) electrons. The van der Waals surface area contributed by atoms with Crippen LogP contribution in [0.25, 0.3) is 0 Å². The smallest absolute Gasteiger partial charge is 0.134 e. The van der Waals surface area contributed by atoms with Gasteiger partial charge in [0.05, 0.1) is 5.02 Å². The van der Waals surface area contributed by atoms with Crippen LogP contribution in [-0.2, 0) is 0 Å². The normalized spacial score (nSPS) is 11.3. The van der Waals surface area contributed by atoms with Crippen molar-refractivity contribution in [3.63, 3.8) is 0 Å². The summed E-state index contributed by atoms with van der Waals surface area (Å²) < 4.78 is 0. The largest absolute Gasteiger partial charge is 0.506 e. The first kappa shape index (κ1) is 12.8. The summed E-state index contributed by atoms with van der Waals surface area (Å²) in [6, 6.07) is 5.51. The summed E-state index contributed by atoms with van der Waals surface area (Å²) in [7, 11) is 0.813. The number of aromatic hydroxyl groups is 1. The molecular weight excluding hydrogens is 227 g/mol. The lowest BCUT2D eigenvalue weighted by molar-refractivity contribution is 0.476. The second kappa shape index (κ2) is 7.09. The van der Waals surface area contributed by atoms with Crippen LogP contribution in [-0.4, -0.2) is 11.3 Å². The first-order valence-corrected chi connectivity index (χ1v) is 7.05. The predicted molar refractivity (Wildman–Crippen MR) is 70.1 cm³/mol. The van der Waals surface area contributed by atoms with Crippen molar-refractivity contribution < 1.29 is 5.11 Å². The molecule has 1 rings (SSSR count). The maximum absolute atomic E-state index is 9.26. The maximum atomic E-state index is 9.26. The fourth-order valence-corrected chi connectivity index (χ4v) is 2.84. The molecule has 0 saturated carbocycles. The van der Waals surface area contributed by atoms with E-state index in [1.807, 2.05) is 12.1 Å². The number of rotatable bonds is 6. The van der Waals surface area contributed by atoms with Gasteiger partial charge in [0.1, 0.15) is 5.75 Å². The second-order valence-corrected chi connectivity index (χ2v) is 5.49. The van der Waals surface area contributed by atoms with Gasteiger partial charge in [-0.2, -0.15) is 0 Å². The van der Waals surface area contributed by atoms with Crippen molar-refractivity contribution in [3.05, 3.63) is 23.2 Å². The van der Waals surface area contributed by atoms with E-state index in [0.717, 1.165) is 8.58 Å². The maximum Gasteiger partial charge on any atom is 0.134 e. The molecule has 1 nitrogen and oxygen atoms in total. The SMILES string of the molecule is CCCCCCPc1ccc(O)c(Cl)c1. The monoisotopic (exact) mass is 244 g/mol. The first-order valence-electron chi connectivity index (χ1n) is 5.46. The van der Waals surface area contributed by atoms with Crippen LogP contribution in [0.5, 0.6) is 5.75 Å². The molecule has 84 valence electrons. The fourth-order valence-electron chi connectivity index (χ4n) is 1.40. The van der Waals surface area contributed by atoms with Crippen molar-refractivity contribution in [2.75, 3.05) is 6.16 Å². The molecule has 15 heavy (non-hydrogen) atoms. The van der Waals surface area contributed by atoms with E-state index in [9.17, 15) is 5.11 Å². The topological polar surface area (TPSA) is 20.2 Å². The van der Waals surface area contributed by atoms with Crippen molar-refractivity contribution >= 4 is 25.5 Å². The molecule has 1 aromatic rings. The van der Waals surface area contributed by atoms with Gasteiger partial charge in [0.25, 0.3) is 0 Å². The third kappa shape index (κ3) is 4.86. The van der Waals surface area contributed by atoms with Crippen LogP contribution in [0.2, 0.25) is 5.02 Å². The number of hydrogen-bond donors (Lipinski definition) is 1. The van der Waals surface area contributed by atoms with E-state index in [2.05, 4.69) is 6.92 Å². The van der Waals surface area contributed by atoms with Gasteiger partial charge in [0.2, 0.25) is 0 Å². The van der Waals surface area contributed by atoms with Crippen LogP contribution in [0.3, 0.4) is 0 Å². The zero-order chi connectivity index (χ0) is 11.1. The lowest BCUT2D eigenvalue weighted by atomic mass is 10.2. The lowest BCUT2D eigenvalue weighted by Gasteiger charge is -2.03. The van der Waals surface area contributed by atoms with Crippen molar-refractivity contribution in [1.29, 1.82) is 0 Å². The Morgan fingerprint density at radius 1 is 1.27 bits per heavy atom. The third-order valence-corrected chi connectivity index (χ3v) is 3.93. The Kier molecular flexibility index (Phi) is 6.05. The number of hydrogen-bond acceptors (Lipinski definition) is 1. The summed E-state index contributed by atoms with van der Waals surface area (Å²) in [6.07, 6.45) is 6.48. The number of phenols is 1. The van der Waals surface area contributed by atoms with Gasteiger partial charge in [-0.1, -0.05) is 52.4 Å². The number of benzene rings is 1. The highest BCUT2D eigenvalue weighted by Gasteiger charge is 1.99. The summed E-state index contributed by atoms with van der Waals surface area (Å²) in [6.45, 7) is 2.22. The van der Waals surface area contributed by atoms with E-state index in [4.69, 9.17) is 11.6 Å². The molecule has 1 unspecified atom stereocenters. The fraction of sp³-hybridized carbons (Fsp3) is 0.500. The van der Waals surface area contributed by atoms with E-state index in [1.165, 1.54) is 37.1 Å². The van der Waals surface area contributed by atoms with Gasteiger partial charge >= 0.3 is 0 Å². The Morgan fingerprint density at radius 2 is 2.07 bits per heavy atom. The molecule has 0 aliphatic heterocycles. The highest BCUT2D eigenvalue weighted by Crippen LogP contribution is 2.24. The van der Waals surface area contributed by atoms with Crippen LogP contribution < -0.4 is 5.30 Å². The molecule has 1 N–H and O–H groups in total. The van der Waals surface area contributed by atoms with Crippen LogP contribution in [0.15, 0.2) is 18.2 Å². The van der Waals surface area contributed by atoms with Crippen molar-refractivity contribution in [3.8, 4) is 5.75 Å². The molecule has 0 saturated heterocycles. The molecule has 0 bridgehead atoms. The van der Waals surface area contributed by atoms with Crippen molar-refractivity contribution in [1.82, 2.24) is 0 Å². The summed E-state index contributed by atoms with van der Waals surface area (Å²) >= 11 is 5.83. The Labute approximate surface area is 98.6 Å². The molecule has 3 heteroatoms. The Balaban J connectivity index is 2.28. The summed E-state index contributed by atoms with van der Waals surface area (Å²) in [5, 5.41) is 11.0. The minimum atomic E-state index is 0.177. The highest BCUT2D eigenvalue weighted by atomic mass is 35.5. The Morgan fingerprint density at radius 3 is 2.73 bits per heavy atom. The minimum absolute atomic E-state index is 0.177. The van der Waals surface area contributed by atoms with Gasteiger partial charge in [-0.15, -0.1) is 0 Å². The molecule has 0 amide bonds. The predicted octanol–water partition coefficient (Wildman–Crippen LogP) is 3.93. The number of unbranched alkanes of at least 4 members (excludes halogenated alkanes) is 3. The van der Waals surface area contributed by atoms with Crippen molar-refractivity contribution in [2.24, 2.45) is 0 Å². The molecule has 0 aliphatic rings. The zero-order valence-electron chi connectivity index (χ0n) is 9.09. The van der Waals surface area contributed by atoms with Crippen LogP contribution in [0.1, 0.15) is 32.6 Å². The van der Waals surface area contributed by atoms with E-state index in [1.54, 1.807) is 6.07 Å². The molecule has 0 fully saturated rings. The van der Waals surface area contributed by atoms with E-state index < -0.39 is 0 Å². The first-order chi connectivity index (χ1) is 7.24. The van der Waals surface area contributed by atoms with E-state index in [0.29, 0.717) is 5.02 Å². The Bertz CT molecular complexity index is 302. The average molecular weight is 245 g/mol. The number of phenolic OH excluding ortho intramolecular Hbond substituents is 1. The van der Waals surface area contributed by atoms with Gasteiger partial charge in [0.15, 0.2) is 0 Å². The molecule has 0 aliphatic carbocycles. The van der Waals surface area contributed by atoms with E-state index in [-0.39, 0.29) is 5.75 Å². The van der Waals surface area contributed by atoms with Gasteiger partial charge in [-0.25, -0.2) is 0 Å². The quantitative estimate of drug-likeness (QED) is 0.594. The molecule has 0 heterocycles. The van der Waals surface area contributed by atoms with Gasteiger partial charge in [0, 0.05) is 0 Å². The van der Waals surface area contributed by atoms with Crippen LogP contribution in [0.4, 0.5) is 0 Å². The Hall–Kier alpha value is -0.260. The minimum Gasteiger partial charge on any atom is -0.506 e.